The molecule has 4 saturated carbocycles. The zero-order chi connectivity index (χ0) is 17.4. The van der Waals surface area contributed by atoms with Crippen molar-refractivity contribution in [3.63, 3.8) is 0 Å². The maximum absolute atomic E-state index is 13.0. The van der Waals surface area contributed by atoms with E-state index < -0.39 is 0 Å². The Morgan fingerprint density at radius 2 is 1.64 bits per heavy atom. The summed E-state index contributed by atoms with van der Waals surface area (Å²) in [6.45, 7) is 5.42. The van der Waals surface area contributed by atoms with Gasteiger partial charge < -0.3 is 10.6 Å². The van der Waals surface area contributed by atoms with Crippen LogP contribution in [-0.2, 0) is 4.79 Å². The van der Waals surface area contributed by atoms with Gasteiger partial charge in [0.05, 0.1) is 6.04 Å². The second-order valence-corrected chi connectivity index (χ2v) is 9.73. The molecule has 2 N–H and O–H groups in total. The Hall–Kier alpha value is -0.610. The van der Waals surface area contributed by atoms with Crippen molar-refractivity contribution in [3.05, 3.63) is 0 Å². The highest BCUT2D eigenvalue weighted by atomic mass is 16.2. The minimum Gasteiger partial charge on any atom is -0.349 e. The molecule has 1 heterocycles. The van der Waals surface area contributed by atoms with Crippen LogP contribution >= 0.6 is 0 Å². The number of hydrogen-bond donors (Lipinski definition) is 2. The van der Waals surface area contributed by atoms with Crippen LogP contribution in [-0.4, -0.2) is 49.1 Å². The molecular formula is C21H37N3O. The first kappa shape index (κ1) is 17.8. The Morgan fingerprint density at radius 3 is 2.16 bits per heavy atom. The quantitative estimate of drug-likeness (QED) is 0.776. The molecule has 0 radical (unpaired) electrons. The van der Waals surface area contributed by atoms with Crippen molar-refractivity contribution < 1.29 is 4.79 Å². The minimum atomic E-state index is 0.0401. The van der Waals surface area contributed by atoms with Crippen molar-refractivity contribution in [3.8, 4) is 0 Å². The van der Waals surface area contributed by atoms with Crippen LogP contribution < -0.4 is 10.6 Å². The van der Waals surface area contributed by atoms with Gasteiger partial charge in [0, 0.05) is 5.54 Å². The lowest BCUT2D eigenvalue weighted by Crippen LogP contribution is -2.62. The number of likely N-dealkylation sites (tertiary alicyclic amines) is 1. The Kier molecular flexibility index (Phi) is 5.11. The molecule has 4 heteroatoms. The number of carbonyl (C=O) groups is 1. The molecule has 1 aliphatic heterocycles. The summed E-state index contributed by atoms with van der Waals surface area (Å²) >= 11 is 0. The third-order valence-electron chi connectivity index (χ3n) is 7.81. The second kappa shape index (κ2) is 7.19. The lowest BCUT2D eigenvalue weighted by Gasteiger charge is -2.57. The van der Waals surface area contributed by atoms with Crippen LogP contribution in [0.25, 0.3) is 0 Å². The summed E-state index contributed by atoms with van der Waals surface area (Å²) in [4.78, 5) is 15.4. The topological polar surface area (TPSA) is 44.4 Å². The number of amides is 1. The second-order valence-electron chi connectivity index (χ2n) is 9.73. The highest BCUT2D eigenvalue weighted by Gasteiger charge is 2.51. The highest BCUT2D eigenvalue weighted by molar-refractivity contribution is 5.82. The molecule has 25 heavy (non-hydrogen) atoms. The van der Waals surface area contributed by atoms with Gasteiger partial charge >= 0.3 is 0 Å². The fraction of sp³-hybridized carbons (Fsp3) is 0.952. The van der Waals surface area contributed by atoms with Gasteiger partial charge in [-0.15, -0.1) is 0 Å². The normalized spacial score (nSPS) is 39.5. The fourth-order valence-corrected chi connectivity index (χ4v) is 6.77. The maximum Gasteiger partial charge on any atom is 0.237 e. The number of carbonyl (C=O) groups excluding carboxylic acids is 1. The van der Waals surface area contributed by atoms with Crippen LogP contribution in [0.1, 0.15) is 64.7 Å². The lowest BCUT2D eigenvalue weighted by atomic mass is 9.53. The maximum atomic E-state index is 13.0. The number of piperidine rings is 1. The molecule has 5 fully saturated rings. The van der Waals surface area contributed by atoms with Crippen molar-refractivity contribution in [2.24, 2.45) is 23.7 Å². The van der Waals surface area contributed by atoms with E-state index in [-0.39, 0.29) is 11.6 Å². The highest BCUT2D eigenvalue weighted by Crippen LogP contribution is 2.55. The number of hydrogen-bond acceptors (Lipinski definition) is 3. The van der Waals surface area contributed by atoms with Gasteiger partial charge in [0.1, 0.15) is 0 Å². The van der Waals surface area contributed by atoms with Gasteiger partial charge in [-0.25, -0.2) is 0 Å². The van der Waals surface area contributed by atoms with E-state index in [1.54, 1.807) is 0 Å². The zero-order valence-corrected chi connectivity index (χ0v) is 16.2. The summed E-state index contributed by atoms with van der Waals surface area (Å²) in [5.41, 5.74) is 0.158. The lowest BCUT2D eigenvalue weighted by molar-refractivity contribution is -0.132. The van der Waals surface area contributed by atoms with Crippen molar-refractivity contribution in [1.29, 1.82) is 0 Å². The van der Waals surface area contributed by atoms with Gasteiger partial charge in [0.15, 0.2) is 0 Å². The summed E-state index contributed by atoms with van der Waals surface area (Å²) in [5, 5.41) is 6.84. The fourth-order valence-electron chi connectivity index (χ4n) is 6.77. The van der Waals surface area contributed by atoms with E-state index in [4.69, 9.17) is 0 Å². The standard InChI is InChI=1S/C21H37N3O/c1-15(24-7-4-16(5-8-24)3-6-22-2)20(25)23-21-12-17-9-18(13-21)11-19(10-17)14-21/h15-19,22H,3-14H2,1-2H3,(H,23,25). The summed E-state index contributed by atoms with van der Waals surface area (Å²) in [5.74, 6) is 3.82. The first-order valence-electron chi connectivity index (χ1n) is 10.8. The van der Waals surface area contributed by atoms with E-state index >= 15 is 0 Å². The van der Waals surface area contributed by atoms with Gasteiger partial charge in [0.25, 0.3) is 0 Å². The third kappa shape index (κ3) is 3.75. The van der Waals surface area contributed by atoms with E-state index in [1.807, 2.05) is 7.05 Å². The average Bonchev–Trinajstić information content (AvgIpc) is 2.58. The summed E-state index contributed by atoms with van der Waals surface area (Å²) in [6, 6.07) is 0.0401. The molecule has 4 bridgehead atoms. The minimum absolute atomic E-state index is 0.0401. The van der Waals surface area contributed by atoms with Crippen LogP contribution in [0, 0.1) is 23.7 Å². The molecule has 1 atom stereocenters. The largest absolute Gasteiger partial charge is 0.349 e. The molecule has 0 aromatic heterocycles. The Labute approximate surface area is 153 Å². The van der Waals surface area contributed by atoms with Crippen molar-refractivity contribution in [2.45, 2.75) is 76.3 Å². The number of nitrogens with one attached hydrogen (secondary N) is 2. The van der Waals surface area contributed by atoms with Gasteiger partial charge in [-0.1, -0.05) is 0 Å². The number of rotatable bonds is 6. The van der Waals surface area contributed by atoms with Crippen LogP contribution in [0.15, 0.2) is 0 Å². The van der Waals surface area contributed by atoms with E-state index in [1.165, 1.54) is 57.8 Å². The summed E-state index contributed by atoms with van der Waals surface area (Å²) < 4.78 is 0. The zero-order valence-electron chi connectivity index (χ0n) is 16.2. The van der Waals surface area contributed by atoms with E-state index in [9.17, 15) is 4.79 Å². The predicted octanol–water partition coefficient (Wildman–Crippen LogP) is 2.78. The van der Waals surface area contributed by atoms with Crippen molar-refractivity contribution in [2.75, 3.05) is 26.7 Å². The predicted molar refractivity (Wildman–Crippen MR) is 101 cm³/mol. The Balaban J connectivity index is 1.30. The molecule has 5 rings (SSSR count). The Morgan fingerprint density at radius 1 is 1.08 bits per heavy atom. The molecule has 1 unspecified atom stereocenters. The molecule has 1 amide bonds. The summed E-state index contributed by atoms with van der Waals surface area (Å²) in [7, 11) is 2.03. The molecule has 4 aliphatic carbocycles. The first-order chi connectivity index (χ1) is 12.1. The molecule has 0 spiro atoms. The molecular weight excluding hydrogens is 310 g/mol. The van der Waals surface area contributed by atoms with Crippen LogP contribution in [0.4, 0.5) is 0 Å². The van der Waals surface area contributed by atoms with Gasteiger partial charge in [-0.2, -0.15) is 0 Å². The first-order valence-corrected chi connectivity index (χ1v) is 10.8. The molecule has 5 aliphatic rings. The van der Waals surface area contributed by atoms with E-state index in [2.05, 4.69) is 22.5 Å². The van der Waals surface area contributed by atoms with Gasteiger partial charge in [-0.3, -0.25) is 9.69 Å². The monoisotopic (exact) mass is 347 g/mol. The Bertz CT molecular complexity index is 448. The summed E-state index contributed by atoms with van der Waals surface area (Å²) in [6.07, 6.45) is 11.8. The molecule has 142 valence electrons. The van der Waals surface area contributed by atoms with E-state index in [0.717, 1.165) is 43.3 Å². The van der Waals surface area contributed by atoms with Crippen molar-refractivity contribution >= 4 is 5.91 Å². The van der Waals surface area contributed by atoms with Gasteiger partial charge in [-0.05, 0) is 115 Å². The smallest absolute Gasteiger partial charge is 0.237 e. The van der Waals surface area contributed by atoms with Gasteiger partial charge in [0.2, 0.25) is 5.91 Å². The van der Waals surface area contributed by atoms with Crippen LogP contribution in [0.2, 0.25) is 0 Å². The molecule has 1 saturated heterocycles. The third-order valence-corrected chi connectivity index (χ3v) is 7.81. The van der Waals surface area contributed by atoms with E-state index in [0.29, 0.717) is 5.91 Å². The molecule has 4 nitrogen and oxygen atoms in total. The number of nitrogens with zero attached hydrogens (tertiary/aromatic N) is 1. The van der Waals surface area contributed by atoms with Crippen molar-refractivity contribution in [1.82, 2.24) is 15.5 Å². The molecule has 0 aromatic rings. The van der Waals surface area contributed by atoms with Crippen LogP contribution in [0.3, 0.4) is 0 Å². The average molecular weight is 348 g/mol. The molecule has 0 aromatic carbocycles. The van der Waals surface area contributed by atoms with Crippen LogP contribution in [0.5, 0.6) is 0 Å². The SMILES string of the molecule is CNCCC1CCN(C(C)C(=O)NC23CC4CC(CC(C4)C2)C3)CC1.